The number of anilines is 2. The Hall–Kier alpha value is -3.74. The van der Waals surface area contributed by atoms with Crippen LogP contribution in [0.4, 0.5) is 15.9 Å². The molecule has 36 heavy (non-hydrogen) atoms. The molecule has 3 aromatic rings. The topological polar surface area (TPSA) is 126 Å². The van der Waals surface area contributed by atoms with Gasteiger partial charge in [0.1, 0.15) is 24.6 Å². The van der Waals surface area contributed by atoms with E-state index in [1.54, 1.807) is 29.3 Å². The Morgan fingerprint density at radius 2 is 2.19 bits per heavy atom. The number of hydrogen-bond acceptors (Lipinski definition) is 9. The zero-order valence-corrected chi connectivity index (χ0v) is 20.3. The van der Waals surface area contributed by atoms with Gasteiger partial charge in [0.2, 0.25) is 11.8 Å². The van der Waals surface area contributed by atoms with E-state index in [2.05, 4.69) is 25.3 Å². The molecule has 4 heterocycles. The number of carbonyl (C=O) groups is 2. The minimum absolute atomic E-state index is 0.0123. The number of thioether (sulfide) groups is 1. The highest BCUT2D eigenvalue weighted by atomic mass is 32.2. The van der Waals surface area contributed by atoms with Crippen molar-refractivity contribution in [1.29, 1.82) is 0 Å². The molecule has 1 unspecified atom stereocenters. The van der Waals surface area contributed by atoms with E-state index < -0.39 is 18.3 Å². The molecule has 11 nitrogen and oxygen atoms in total. The van der Waals surface area contributed by atoms with E-state index in [1.165, 1.54) is 11.8 Å². The van der Waals surface area contributed by atoms with E-state index in [0.717, 1.165) is 24.1 Å². The van der Waals surface area contributed by atoms with Crippen LogP contribution in [0.1, 0.15) is 23.2 Å². The van der Waals surface area contributed by atoms with Crippen LogP contribution in [0, 0.1) is 0 Å². The van der Waals surface area contributed by atoms with Gasteiger partial charge in [-0.3, -0.25) is 9.59 Å². The molecule has 1 N–H and O–H groups in total. The summed E-state index contributed by atoms with van der Waals surface area (Å²) >= 11 is 1.43. The summed E-state index contributed by atoms with van der Waals surface area (Å²) < 4.78 is 18.4. The molecule has 188 valence electrons. The number of halogens is 1. The van der Waals surface area contributed by atoms with Crippen molar-refractivity contribution in [3.8, 4) is 11.5 Å². The van der Waals surface area contributed by atoms with Crippen molar-refractivity contribution < 1.29 is 18.4 Å². The molecule has 0 radical (unpaired) electrons. The second kappa shape index (κ2) is 10.1. The number of benzene rings is 1. The van der Waals surface area contributed by atoms with Gasteiger partial charge >= 0.3 is 5.76 Å². The van der Waals surface area contributed by atoms with Crippen molar-refractivity contribution in [3.63, 3.8) is 0 Å². The van der Waals surface area contributed by atoms with Crippen molar-refractivity contribution in [1.82, 2.24) is 25.1 Å². The van der Waals surface area contributed by atoms with Crippen LogP contribution < -0.4 is 20.9 Å². The van der Waals surface area contributed by atoms with E-state index in [0.29, 0.717) is 34.3 Å². The van der Waals surface area contributed by atoms with E-state index in [1.807, 2.05) is 12.3 Å². The van der Waals surface area contributed by atoms with Gasteiger partial charge in [-0.25, -0.2) is 19.2 Å². The van der Waals surface area contributed by atoms with Crippen molar-refractivity contribution >= 4 is 35.1 Å². The summed E-state index contributed by atoms with van der Waals surface area (Å²) in [6.45, 7) is 0.0561. The molecule has 0 saturated carbocycles. The molecule has 1 fully saturated rings. The SMILES string of the molecule is CSc1ncc2c(n1)N1CCCC1CN(c1cccc(-c3nn(CC(=O)NCCF)c(=O)o3)c1)C2=O. The first-order valence-electron chi connectivity index (χ1n) is 11.5. The summed E-state index contributed by atoms with van der Waals surface area (Å²) in [7, 11) is 0. The lowest BCUT2D eigenvalue weighted by molar-refractivity contribution is -0.122. The molecule has 2 amide bonds. The summed E-state index contributed by atoms with van der Waals surface area (Å²) in [5.41, 5.74) is 1.53. The number of nitrogens with one attached hydrogen (secondary N) is 1. The predicted octanol–water partition coefficient (Wildman–Crippen LogP) is 1.73. The monoisotopic (exact) mass is 513 g/mol. The van der Waals surface area contributed by atoms with Crippen molar-refractivity contribution in [2.45, 2.75) is 30.6 Å². The van der Waals surface area contributed by atoms with Crippen LogP contribution in [0.5, 0.6) is 0 Å². The number of amides is 2. The molecule has 1 aromatic carbocycles. The smallest absolute Gasteiger partial charge is 0.388 e. The lowest BCUT2D eigenvalue weighted by Gasteiger charge is -2.27. The van der Waals surface area contributed by atoms with Crippen LogP contribution in [0.15, 0.2) is 44.8 Å². The van der Waals surface area contributed by atoms with Gasteiger partial charge in [0.05, 0.1) is 0 Å². The number of carbonyl (C=O) groups excluding carboxylic acids is 2. The van der Waals surface area contributed by atoms with Gasteiger partial charge in [0.25, 0.3) is 5.91 Å². The molecule has 0 bridgehead atoms. The normalized spacial score (nSPS) is 17.1. The van der Waals surface area contributed by atoms with Crippen LogP contribution in [0.2, 0.25) is 0 Å². The summed E-state index contributed by atoms with van der Waals surface area (Å²) in [5, 5.41) is 7.06. The number of fused-ring (bicyclic) bond motifs is 3. The van der Waals surface area contributed by atoms with Crippen LogP contribution in [0.25, 0.3) is 11.5 Å². The first-order chi connectivity index (χ1) is 17.5. The van der Waals surface area contributed by atoms with Crippen molar-refractivity contribution in [3.05, 3.63) is 46.6 Å². The maximum Gasteiger partial charge on any atom is 0.437 e. The Morgan fingerprint density at radius 1 is 1.33 bits per heavy atom. The van der Waals surface area contributed by atoms with E-state index in [9.17, 15) is 18.8 Å². The maximum atomic E-state index is 13.6. The highest BCUT2D eigenvalue weighted by Gasteiger charge is 2.37. The van der Waals surface area contributed by atoms with Crippen LogP contribution in [-0.4, -0.2) is 70.2 Å². The van der Waals surface area contributed by atoms with Crippen molar-refractivity contribution in [2.75, 3.05) is 42.4 Å². The van der Waals surface area contributed by atoms with Gasteiger partial charge in [-0.05, 0) is 37.3 Å². The molecular weight excluding hydrogens is 489 g/mol. The summed E-state index contributed by atoms with van der Waals surface area (Å²) in [6.07, 6.45) is 5.43. The first kappa shape index (κ1) is 24.0. The average Bonchev–Trinajstić information content (AvgIpc) is 3.49. The average molecular weight is 514 g/mol. The quantitative estimate of drug-likeness (QED) is 0.371. The Morgan fingerprint density at radius 3 is 3.00 bits per heavy atom. The highest BCUT2D eigenvalue weighted by molar-refractivity contribution is 7.98. The number of hydrogen-bond donors (Lipinski definition) is 1. The van der Waals surface area contributed by atoms with E-state index in [4.69, 9.17) is 4.42 Å². The van der Waals surface area contributed by atoms with Crippen molar-refractivity contribution in [2.24, 2.45) is 0 Å². The van der Waals surface area contributed by atoms with Crippen LogP contribution >= 0.6 is 11.8 Å². The molecule has 2 aliphatic rings. The van der Waals surface area contributed by atoms with Gasteiger partial charge in [-0.2, -0.15) is 4.68 Å². The molecule has 13 heteroatoms. The second-order valence-corrected chi connectivity index (χ2v) is 9.19. The summed E-state index contributed by atoms with van der Waals surface area (Å²) in [4.78, 5) is 50.6. The Bertz CT molecular complexity index is 1360. The zero-order chi connectivity index (χ0) is 25.2. The fourth-order valence-electron chi connectivity index (χ4n) is 4.50. The van der Waals surface area contributed by atoms with Gasteiger partial charge in [-0.15, -0.1) is 5.10 Å². The Kier molecular flexibility index (Phi) is 6.72. The van der Waals surface area contributed by atoms with Gasteiger partial charge < -0.3 is 19.5 Å². The van der Waals surface area contributed by atoms with E-state index >= 15 is 0 Å². The number of aromatic nitrogens is 4. The standard InChI is InChI=1S/C23H24FN7O4S/c1-36-22-26-11-17-19(27-22)29-9-3-6-16(29)12-30(21(17)33)15-5-2-4-14(10-15)20-28-31(23(34)35-20)13-18(32)25-8-7-24/h2,4-5,10-11,16H,3,6-9,12-13H2,1H3,(H,25,32). The van der Waals surface area contributed by atoms with E-state index in [-0.39, 0.29) is 30.9 Å². The second-order valence-electron chi connectivity index (χ2n) is 8.42. The maximum absolute atomic E-state index is 13.6. The summed E-state index contributed by atoms with van der Waals surface area (Å²) in [5.74, 6) is -0.894. The predicted molar refractivity (Wildman–Crippen MR) is 131 cm³/mol. The Labute approximate surface area is 209 Å². The summed E-state index contributed by atoms with van der Waals surface area (Å²) in [6, 6.07) is 7.09. The minimum atomic E-state index is -0.811. The molecule has 1 saturated heterocycles. The zero-order valence-electron chi connectivity index (χ0n) is 19.5. The third-order valence-electron chi connectivity index (χ3n) is 6.17. The third kappa shape index (κ3) is 4.57. The molecule has 0 aliphatic carbocycles. The first-order valence-corrected chi connectivity index (χ1v) is 12.7. The molecule has 2 aliphatic heterocycles. The lowest BCUT2D eigenvalue weighted by Crippen LogP contribution is -2.39. The van der Waals surface area contributed by atoms with Gasteiger partial charge in [0.15, 0.2) is 5.16 Å². The molecule has 5 rings (SSSR count). The molecule has 0 spiro atoms. The van der Waals surface area contributed by atoms with Crippen LogP contribution in [-0.2, 0) is 11.3 Å². The highest BCUT2D eigenvalue weighted by Crippen LogP contribution is 2.35. The molecule has 1 atom stereocenters. The lowest BCUT2D eigenvalue weighted by atomic mass is 10.1. The van der Waals surface area contributed by atoms with Crippen LogP contribution in [0.3, 0.4) is 0 Å². The largest absolute Gasteiger partial charge is 0.437 e. The minimum Gasteiger partial charge on any atom is -0.388 e. The number of rotatable bonds is 7. The fourth-order valence-corrected chi connectivity index (χ4v) is 4.84. The molecule has 2 aromatic heterocycles. The van der Waals surface area contributed by atoms with Gasteiger partial charge in [-0.1, -0.05) is 17.8 Å². The third-order valence-corrected chi connectivity index (χ3v) is 6.73. The number of nitrogens with zero attached hydrogens (tertiary/aromatic N) is 6. The van der Waals surface area contributed by atoms with Gasteiger partial charge in [0, 0.05) is 43.1 Å². The fraction of sp³-hybridized carbons (Fsp3) is 0.391. The Balaban J connectivity index is 1.46. The number of alkyl halides is 1. The molecular formula is C23H24FN7O4S.